The molecule has 3 N–H and O–H groups in total. The molecule has 1 saturated carbocycles. The van der Waals surface area contributed by atoms with Gasteiger partial charge in [0.25, 0.3) is 0 Å². The van der Waals surface area contributed by atoms with Crippen molar-refractivity contribution in [3.8, 4) is 17.2 Å². The molecule has 1 aromatic rings. The van der Waals surface area contributed by atoms with Gasteiger partial charge in [-0.05, 0) is 18.9 Å². The Hall–Kier alpha value is -1.91. The van der Waals surface area contributed by atoms with Crippen molar-refractivity contribution < 1.29 is 20.2 Å². The monoisotopic (exact) mass is 223 g/mol. The molecule has 0 spiro atoms. The number of benzene rings is 1. The summed E-state index contributed by atoms with van der Waals surface area (Å²) in [6.45, 7) is 0. The van der Waals surface area contributed by atoms with E-state index in [1.165, 1.54) is 19.2 Å². The Morgan fingerprint density at radius 2 is 2.06 bits per heavy atom. The van der Waals surface area contributed by atoms with Gasteiger partial charge in [-0.1, -0.05) is 5.16 Å². The second-order valence-corrected chi connectivity index (χ2v) is 3.77. The molecule has 16 heavy (non-hydrogen) atoms. The van der Waals surface area contributed by atoms with Crippen molar-refractivity contribution in [1.29, 1.82) is 0 Å². The number of rotatable bonds is 2. The van der Waals surface area contributed by atoms with Crippen LogP contribution in [0.2, 0.25) is 0 Å². The Bertz CT molecular complexity index is 442. The molecule has 2 rings (SSSR count). The SMILES string of the molecule is COc1cc(O)c(C2CC/C2=N\O)cc1O. The van der Waals surface area contributed by atoms with E-state index in [1.54, 1.807) is 0 Å². The zero-order valence-corrected chi connectivity index (χ0v) is 8.84. The largest absolute Gasteiger partial charge is 0.508 e. The number of hydrogen-bond donors (Lipinski definition) is 3. The smallest absolute Gasteiger partial charge is 0.164 e. The average molecular weight is 223 g/mol. The van der Waals surface area contributed by atoms with E-state index < -0.39 is 0 Å². The highest BCUT2D eigenvalue weighted by Gasteiger charge is 2.31. The molecule has 0 saturated heterocycles. The highest BCUT2D eigenvalue weighted by Crippen LogP contribution is 2.43. The Kier molecular flexibility index (Phi) is 2.60. The summed E-state index contributed by atoms with van der Waals surface area (Å²) in [7, 11) is 1.41. The molecule has 1 aromatic carbocycles. The number of aromatic hydroxyl groups is 2. The molecule has 1 aliphatic rings. The minimum absolute atomic E-state index is 0.0283. The second-order valence-electron chi connectivity index (χ2n) is 3.77. The van der Waals surface area contributed by atoms with E-state index >= 15 is 0 Å². The summed E-state index contributed by atoms with van der Waals surface area (Å²) in [5.74, 6) is 0.129. The minimum atomic E-state index is -0.109. The number of phenols is 2. The van der Waals surface area contributed by atoms with Crippen LogP contribution in [-0.2, 0) is 0 Å². The van der Waals surface area contributed by atoms with Gasteiger partial charge in [-0.3, -0.25) is 0 Å². The van der Waals surface area contributed by atoms with E-state index in [0.29, 0.717) is 17.7 Å². The third-order valence-corrected chi connectivity index (χ3v) is 2.92. The fraction of sp³-hybridized carbons (Fsp3) is 0.364. The third-order valence-electron chi connectivity index (χ3n) is 2.92. The van der Waals surface area contributed by atoms with Gasteiger partial charge in [-0.15, -0.1) is 0 Å². The summed E-state index contributed by atoms with van der Waals surface area (Å²) in [6.07, 6.45) is 1.52. The van der Waals surface area contributed by atoms with E-state index in [4.69, 9.17) is 9.94 Å². The molecule has 1 atom stereocenters. The summed E-state index contributed by atoms with van der Waals surface area (Å²) in [4.78, 5) is 0. The van der Waals surface area contributed by atoms with Gasteiger partial charge in [0.05, 0.1) is 12.8 Å². The maximum atomic E-state index is 9.77. The fourth-order valence-corrected chi connectivity index (χ4v) is 1.89. The number of oxime groups is 1. The van der Waals surface area contributed by atoms with Gasteiger partial charge in [-0.2, -0.15) is 0 Å². The molecule has 5 nitrogen and oxygen atoms in total. The van der Waals surface area contributed by atoms with Gasteiger partial charge < -0.3 is 20.2 Å². The molecule has 86 valence electrons. The first-order valence-corrected chi connectivity index (χ1v) is 4.98. The molecule has 0 aliphatic heterocycles. The van der Waals surface area contributed by atoms with Crippen LogP contribution in [0.1, 0.15) is 24.3 Å². The molecule has 0 bridgehead atoms. The molecular formula is C11H13NO4. The number of hydrogen-bond acceptors (Lipinski definition) is 5. The molecular weight excluding hydrogens is 210 g/mol. The molecule has 1 unspecified atom stereocenters. The van der Waals surface area contributed by atoms with Gasteiger partial charge in [0.1, 0.15) is 5.75 Å². The molecule has 0 radical (unpaired) electrons. The number of ether oxygens (including phenoxy) is 1. The van der Waals surface area contributed by atoms with Gasteiger partial charge in [0, 0.05) is 17.5 Å². The van der Waals surface area contributed by atoms with Crippen LogP contribution in [0.15, 0.2) is 17.3 Å². The highest BCUT2D eigenvalue weighted by atomic mass is 16.5. The Morgan fingerprint density at radius 1 is 1.31 bits per heavy atom. The zero-order valence-electron chi connectivity index (χ0n) is 8.84. The third kappa shape index (κ3) is 1.54. The van der Waals surface area contributed by atoms with Crippen molar-refractivity contribution in [2.45, 2.75) is 18.8 Å². The molecule has 1 fully saturated rings. The van der Waals surface area contributed by atoms with Crippen molar-refractivity contribution in [2.75, 3.05) is 7.11 Å². The predicted octanol–water partition coefficient (Wildman–Crippen LogP) is 1.81. The van der Waals surface area contributed by atoms with Crippen LogP contribution in [0.4, 0.5) is 0 Å². The molecule has 5 heteroatoms. The first-order chi connectivity index (χ1) is 7.67. The fourth-order valence-electron chi connectivity index (χ4n) is 1.89. The van der Waals surface area contributed by atoms with Crippen molar-refractivity contribution in [1.82, 2.24) is 0 Å². The van der Waals surface area contributed by atoms with Crippen molar-refractivity contribution >= 4 is 5.71 Å². The topological polar surface area (TPSA) is 82.3 Å². The van der Waals surface area contributed by atoms with Crippen LogP contribution >= 0.6 is 0 Å². The maximum Gasteiger partial charge on any atom is 0.164 e. The first-order valence-electron chi connectivity index (χ1n) is 4.98. The molecule has 0 aromatic heterocycles. The number of nitrogens with zero attached hydrogens (tertiary/aromatic N) is 1. The summed E-state index contributed by atoms with van der Waals surface area (Å²) >= 11 is 0. The van der Waals surface area contributed by atoms with Crippen LogP contribution in [0.3, 0.4) is 0 Å². The van der Waals surface area contributed by atoms with E-state index in [1.807, 2.05) is 0 Å². The van der Waals surface area contributed by atoms with Crippen molar-refractivity contribution in [3.63, 3.8) is 0 Å². The van der Waals surface area contributed by atoms with Gasteiger partial charge in [0.2, 0.25) is 0 Å². The Morgan fingerprint density at radius 3 is 2.56 bits per heavy atom. The van der Waals surface area contributed by atoms with E-state index in [0.717, 1.165) is 6.42 Å². The van der Waals surface area contributed by atoms with Crippen LogP contribution < -0.4 is 4.74 Å². The normalized spacial score (nSPS) is 21.8. The Labute approximate surface area is 92.6 Å². The van der Waals surface area contributed by atoms with Gasteiger partial charge in [-0.25, -0.2) is 0 Å². The lowest BCUT2D eigenvalue weighted by Crippen LogP contribution is -2.23. The molecule has 0 amide bonds. The molecule has 0 heterocycles. The quantitative estimate of drug-likeness (QED) is 0.405. The highest BCUT2D eigenvalue weighted by molar-refractivity contribution is 5.96. The van der Waals surface area contributed by atoms with Crippen molar-refractivity contribution in [2.24, 2.45) is 5.16 Å². The number of methoxy groups -OCH3 is 1. The summed E-state index contributed by atoms with van der Waals surface area (Å²) in [6, 6.07) is 2.81. The Balaban J connectivity index is 2.39. The van der Waals surface area contributed by atoms with Gasteiger partial charge in [0.15, 0.2) is 11.5 Å². The minimum Gasteiger partial charge on any atom is -0.508 e. The number of phenolic OH excluding ortho intramolecular Hbond substituents is 2. The first kappa shape index (κ1) is 10.6. The van der Waals surface area contributed by atoms with E-state index in [-0.39, 0.29) is 23.2 Å². The second kappa shape index (κ2) is 3.92. The summed E-state index contributed by atoms with van der Waals surface area (Å²) in [5, 5.41) is 31.2. The maximum absolute atomic E-state index is 9.77. The predicted molar refractivity (Wildman–Crippen MR) is 57.5 cm³/mol. The molecule has 1 aliphatic carbocycles. The van der Waals surface area contributed by atoms with Gasteiger partial charge >= 0.3 is 0 Å². The summed E-state index contributed by atoms with van der Waals surface area (Å²) < 4.78 is 4.88. The van der Waals surface area contributed by atoms with E-state index in [9.17, 15) is 10.2 Å². The average Bonchev–Trinajstić information content (AvgIpc) is 2.22. The lowest BCUT2D eigenvalue weighted by molar-refractivity contribution is 0.310. The standard InChI is InChI=1S/C11H13NO4/c1-16-11-5-9(13)7(4-10(11)14)6-2-3-8(6)12-15/h4-6,13-15H,2-3H2,1H3/b12-8+. The van der Waals surface area contributed by atoms with Crippen LogP contribution in [0.25, 0.3) is 0 Å². The van der Waals surface area contributed by atoms with Crippen LogP contribution in [-0.4, -0.2) is 28.2 Å². The lowest BCUT2D eigenvalue weighted by atomic mass is 9.77. The lowest BCUT2D eigenvalue weighted by Gasteiger charge is -2.28. The zero-order chi connectivity index (χ0) is 11.7. The van der Waals surface area contributed by atoms with Crippen molar-refractivity contribution in [3.05, 3.63) is 17.7 Å². The van der Waals surface area contributed by atoms with E-state index in [2.05, 4.69) is 5.16 Å². The van der Waals surface area contributed by atoms with Crippen LogP contribution in [0, 0.1) is 0 Å². The van der Waals surface area contributed by atoms with Crippen LogP contribution in [0.5, 0.6) is 17.2 Å². The summed E-state index contributed by atoms with van der Waals surface area (Å²) in [5.41, 5.74) is 1.19.